The zero-order chi connectivity index (χ0) is 10.3. The Morgan fingerprint density at radius 2 is 1.71 bits per heavy atom. The van der Waals surface area contributed by atoms with Crippen LogP contribution in [-0.2, 0) is 10.0 Å². The number of nitrogens with zero attached hydrogens (tertiary/aromatic N) is 2. The molecule has 5 heteroatoms. The van der Waals surface area contributed by atoms with Crippen LogP contribution in [0.15, 0.2) is 0 Å². The highest BCUT2D eigenvalue weighted by Gasteiger charge is 2.44. The lowest BCUT2D eigenvalue weighted by molar-refractivity contribution is 0.154. The number of likely N-dealkylation sites (N-methyl/N-ethyl adjacent to an activating group) is 1. The lowest BCUT2D eigenvalue weighted by Gasteiger charge is -2.38. The van der Waals surface area contributed by atoms with Gasteiger partial charge in [0.15, 0.2) is 0 Å². The molecular formula is C9H18N2O2S. The van der Waals surface area contributed by atoms with Crippen LogP contribution >= 0.6 is 0 Å². The standard InChI is InChI=1S/C9H18N2O2S/c1-3-14(12,13)11-8-4-5-9(11)7-10(2)6-8/h8-9H,3-7H2,1-2H3. The molecule has 2 fully saturated rings. The van der Waals surface area contributed by atoms with Crippen LogP contribution in [0.5, 0.6) is 0 Å². The van der Waals surface area contributed by atoms with Crippen molar-refractivity contribution < 1.29 is 8.42 Å². The number of hydrogen-bond acceptors (Lipinski definition) is 3. The van der Waals surface area contributed by atoms with Crippen LogP contribution in [0, 0.1) is 0 Å². The van der Waals surface area contributed by atoms with Crippen LogP contribution in [0.1, 0.15) is 19.8 Å². The number of likely N-dealkylation sites (tertiary alicyclic amines) is 1. The Labute approximate surface area is 85.9 Å². The number of piperazine rings is 1. The maximum atomic E-state index is 11.8. The van der Waals surface area contributed by atoms with Crippen molar-refractivity contribution >= 4 is 10.0 Å². The molecule has 0 amide bonds. The van der Waals surface area contributed by atoms with Gasteiger partial charge < -0.3 is 4.90 Å². The summed E-state index contributed by atoms with van der Waals surface area (Å²) in [6, 6.07) is 0.479. The van der Waals surface area contributed by atoms with Crippen molar-refractivity contribution in [2.75, 3.05) is 25.9 Å². The first-order chi connectivity index (χ1) is 6.54. The van der Waals surface area contributed by atoms with Crippen molar-refractivity contribution in [1.29, 1.82) is 0 Å². The Bertz CT molecular complexity index is 301. The predicted octanol–water partition coefficient (Wildman–Crippen LogP) is 0.115. The number of fused-ring (bicyclic) bond motifs is 2. The molecule has 2 aliphatic rings. The molecule has 2 atom stereocenters. The van der Waals surface area contributed by atoms with Gasteiger partial charge in [-0.3, -0.25) is 0 Å². The summed E-state index contributed by atoms with van der Waals surface area (Å²) in [5.41, 5.74) is 0. The quantitative estimate of drug-likeness (QED) is 0.661. The Morgan fingerprint density at radius 1 is 1.21 bits per heavy atom. The SMILES string of the molecule is CCS(=O)(=O)N1C2CCC1CN(C)C2. The van der Waals surface area contributed by atoms with Gasteiger partial charge in [0, 0.05) is 25.2 Å². The van der Waals surface area contributed by atoms with E-state index in [-0.39, 0.29) is 17.8 Å². The summed E-state index contributed by atoms with van der Waals surface area (Å²) < 4.78 is 25.4. The second-order valence-electron chi connectivity index (χ2n) is 4.34. The van der Waals surface area contributed by atoms with E-state index in [1.165, 1.54) is 0 Å². The normalized spacial score (nSPS) is 35.0. The van der Waals surface area contributed by atoms with E-state index in [1.54, 1.807) is 11.2 Å². The molecule has 0 aliphatic carbocycles. The van der Waals surface area contributed by atoms with Gasteiger partial charge in [-0.2, -0.15) is 4.31 Å². The molecule has 2 aliphatic heterocycles. The molecule has 0 aromatic rings. The summed E-state index contributed by atoms with van der Waals surface area (Å²) in [6.45, 7) is 3.53. The average molecular weight is 218 g/mol. The van der Waals surface area contributed by atoms with Gasteiger partial charge in [-0.15, -0.1) is 0 Å². The molecule has 0 spiro atoms. The highest BCUT2D eigenvalue weighted by Crippen LogP contribution is 2.32. The highest BCUT2D eigenvalue weighted by atomic mass is 32.2. The van der Waals surface area contributed by atoms with Gasteiger partial charge >= 0.3 is 0 Å². The first-order valence-electron chi connectivity index (χ1n) is 5.24. The van der Waals surface area contributed by atoms with Crippen LogP contribution in [-0.4, -0.2) is 55.6 Å². The summed E-state index contributed by atoms with van der Waals surface area (Å²) in [6.07, 6.45) is 2.07. The molecule has 0 aromatic carbocycles. The lowest BCUT2D eigenvalue weighted by Crippen LogP contribution is -2.54. The third-order valence-corrected chi connectivity index (χ3v) is 5.25. The summed E-state index contributed by atoms with van der Waals surface area (Å²) in [7, 11) is -0.903. The minimum atomic E-state index is -2.97. The number of rotatable bonds is 2. The lowest BCUT2D eigenvalue weighted by atomic mass is 10.2. The van der Waals surface area contributed by atoms with E-state index in [2.05, 4.69) is 11.9 Å². The largest absolute Gasteiger partial charge is 0.303 e. The molecule has 2 saturated heterocycles. The third kappa shape index (κ3) is 1.57. The molecule has 2 unspecified atom stereocenters. The molecule has 82 valence electrons. The van der Waals surface area contributed by atoms with Gasteiger partial charge in [0.2, 0.25) is 10.0 Å². The van der Waals surface area contributed by atoms with Crippen molar-refractivity contribution in [3.63, 3.8) is 0 Å². The Balaban J connectivity index is 2.23. The van der Waals surface area contributed by atoms with E-state index < -0.39 is 10.0 Å². The maximum Gasteiger partial charge on any atom is 0.214 e. The van der Waals surface area contributed by atoms with Gasteiger partial charge in [-0.1, -0.05) is 0 Å². The summed E-state index contributed by atoms with van der Waals surface area (Å²) in [4.78, 5) is 2.24. The van der Waals surface area contributed by atoms with Crippen LogP contribution in [0.2, 0.25) is 0 Å². The zero-order valence-electron chi connectivity index (χ0n) is 8.81. The number of hydrogen-bond donors (Lipinski definition) is 0. The molecule has 0 aromatic heterocycles. The Morgan fingerprint density at radius 3 is 2.14 bits per heavy atom. The fourth-order valence-electron chi connectivity index (χ4n) is 2.68. The van der Waals surface area contributed by atoms with Crippen LogP contribution < -0.4 is 0 Å². The van der Waals surface area contributed by atoms with Gasteiger partial charge in [0.05, 0.1) is 5.75 Å². The van der Waals surface area contributed by atoms with Crippen LogP contribution in [0.4, 0.5) is 0 Å². The van der Waals surface area contributed by atoms with E-state index >= 15 is 0 Å². The first-order valence-corrected chi connectivity index (χ1v) is 6.85. The molecule has 2 heterocycles. The highest BCUT2D eigenvalue weighted by molar-refractivity contribution is 7.89. The Kier molecular flexibility index (Phi) is 2.57. The van der Waals surface area contributed by atoms with Gasteiger partial charge in [-0.25, -0.2) is 8.42 Å². The topological polar surface area (TPSA) is 40.6 Å². The summed E-state index contributed by atoms with van der Waals surface area (Å²) in [5, 5.41) is 0. The van der Waals surface area contributed by atoms with Crippen molar-refractivity contribution in [2.24, 2.45) is 0 Å². The first kappa shape index (κ1) is 10.4. The smallest absolute Gasteiger partial charge is 0.214 e. The van der Waals surface area contributed by atoms with E-state index in [9.17, 15) is 8.42 Å². The fourth-order valence-corrected chi connectivity index (χ4v) is 4.23. The molecular weight excluding hydrogens is 200 g/mol. The van der Waals surface area contributed by atoms with Crippen molar-refractivity contribution in [2.45, 2.75) is 31.8 Å². The van der Waals surface area contributed by atoms with E-state index in [4.69, 9.17) is 0 Å². The molecule has 0 N–H and O–H groups in total. The maximum absolute atomic E-state index is 11.8. The van der Waals surface area contributed by atoms with Crippen LogP contribution in [0.25, 0.3) is 0 Å². The van der Waals surface area contributed by atoms with Gasteiger partial charge in [0.25, 0.3) is 0 Å². The van der Waals surface area contributed by atoms with E-state index in [0.717, 1.165) is 25.9 Å². The molecule has 2 rings (SSSR count). The third-order valence-electron chi connectivity index (χ3n) is 3.28. The van der Waals surface area contributed by atoms with Crippen molar-refractivity contribution in [3.05, 3.63) is 0 Å². The van der Waals surface area contributed by atoms with Gasteiger partial charge in [0.1, 0.15) is 0 Å². The minimum Gasteiger partial charge on any atom is -0.303 e. The average Bonchev–Trinajstić information content (AvgIpc) is 2.40. The molecule has 0 radical (unpaired) electrons. The molecule has 2 bridgehead atoms. The molecule has 0 saturated carbocycles. The number of sulfonamides is 1. The minimum absolute atomic E-state index is 0.240. The second-order valence-corrected chi connectivity index (χ2v) is 6.50. The van der Waals surface area contributed by atoms with Crippen LogP contribution in [0.3, 0.4) is 0 Å². The Hall–Kier alpha value is -0.130. The van der Waals surface area contributed by atoms with E-state index in [0.29, 0.717) is 0 Å². The van der Waals surface area contributed by atoms with Crippen molar-refractivity contribution in [3.8, 4) is 0 Å². The monoisotopic (exact) mass is 218 g/mol. The zero-order valence-corrected chi connectivity index (χ0v) is 9.63. The van der Waals surface area contributed by atoms with Gasteiger partial charge in [-0.05, 0) is 26.8 Å². The summed E-state index contributed by atoms with van der Waals surface area (Å²) >= 11 is 0. The molecule has 14 heavy (non-hydrogen) atoms. The fraction of sp³-hybridized carbons (Fsp3) is 1.00. The second kappa shape index (κ2) is 3.47. The van der Waals surface area contributed by atoms with Crippen molar-refractivity contribution in [1.82, 2.24) is 9.21 Å². The van der Waals surface area contributed by atoms with E-state index in [1.807, 2.05) is 0 Å². The predicted molar refractivity (Wildman–Crippen MR) is 55.6 cm³/mol. The summed E-state index contributed by atoms with van der Waals surface area (Å²) in [5.74, 6) is 0.240. The molecule has 4 nitrogen and oxygen atoms in total.